The highest BCUT2D eigenvalue weighted by atomic mass is 16.5. The molecule has 0 aliphatic rings. The van der Waals surface area contributed by atoms with Crippen LogP contribution in [0.5, 0.6) is 5.75 Å². The minimum absolute atomic E-state index is 0.140. The van der Waals surface area contributed by atoms with Gasteiger partial charge in [-0.25, -0.2) is 0 Å². The van der Waals surface area contributed by atoms with E-state index in [0.717, 1.165) is 16.9 Å². The maximum atomic E-state index is 6.44. The molecule has 21 heavy (non-hydrogen) atoms. The molecule has 2 aromatic carbocycles. The second kappa shape index (κ2) is 6.77. The third-order valence-electron chi connectivity index (χ3n) is 3.58. The molecule has 112 valence electrons. The Hall–Kier alpha value is -1.80. The summed E-state index contributed by atoms with van der Waals surface area (Å²) in [7, 11) is 0. The summed E-state index contributed by atoms with van der Waals surface area (Å²) in [5.74, 6) is 1.40. The van der Waals surface area contributed by atoms with Crippen molar-refractivity contribution in [2.24, 2.45) is 5.73 Å². The first-order valence-corrected chi connectivity index (χ1v) is 7.60. The van der Waals surface area contributed by atoms with Crippen molar-refractivity contribution in [2.75, 3.05) is 0 Å². The molecular weight excluding hydrogens is 258 g/mol. The number of ether oxygens (including phenoxy) is 1. The van der Waals surface area contributed by atoms with Gasteiger partial charge in [-0.1, -0.05) is 56.3 Å². The van der Waals surface area contributed by atoms with Gasteiger partial charge in [-0.05, 0) is 37.0 Å². The van der Waals surface area contributed by atoms with E-state index in [4.69, 9.17) is 10.5 Å². The van der Waals surface area contributed by atoms with Crippen LogP contribution in [0.2, 0.25) is 0 Å². The Balaban J connectivity index is 2.29. The second-order valence-electron chi connectivity index (χ2n) is 6.00. The van der Waals surface area contributed by atoms with Crippen LogP contribution >= 0.6 is 0 Å². The number of nitrogens with two attached hydrogens (primary N) is 1. The number of rotatable bonds is 5. The summed E-state index contributed by atoms with van der Waals surface area (Å²) in [6.07, 6.45) is 0.140. The van der Waals surface area contributed by atoms with Crippen molar-refractivity contribution in [3.8, 4) is 5.75 Å². The van der Waals surface area contributed by atoms with E-state index < -0.39 is 0 Å². The van der Waals surface area contributed by atoms with Crippen LogP contribution in [-0.4, -0.2) is 6.10 Å². The highest BCUT2D eigenvalue weighted by Crippen LogP contribution is 2.29. The molecule has 1 unspecified atom stereocenters. The molecule has 0 saturated carbocycles. The van der Waals surface area contributed by atoms with Gasteiger partial charge < -0.3 is 10.5 Å². The molecular formula is C19H25NO. The predicted octanol–water partition coefficient (Wildman–Crippen LogP) is 4.65. The largest absolute Gasteiger partial charge is 0.491 e. The van der Waals surface area contributed by atoms with Gasteiger partial charge in [0.05, 0.1) is 12.1 Å². The van der Waals surface area contributed by atoms with Crippen molar-refractivity contribution in [1.29, 1.82) is 0 Å². The van der Waals surface area contributed by atoms with Crippen molar-refractivity contribution in [1.82, 2.24) is 0 Å². The minimum atomic E-state index is -0.166. The molecule has 0 aliphatic carbocycles. The molecule has 2 N–H and O–H groups in total. The quantitative estimate of drug-likeness (QED) is 0.867. The molecule has 2 rings (SSSR count). The molecule has 0 saturated heterocycles. The maximum Gasteiger partial charge on any atom is 0.124 e. The van der Waals surface area contributed by atoms with E-state index in [0.29, 0.717) is 5.92 Å². The molecule has 1 atom stereocenters. The van der Waals surface area contributed by atoms with Crippen LogP contribution in [0.4, 0.5) is 0 Å². The first kappa shape index (κ1) is 15.6. The van der Waals surface area contributed by atoms with Gasteiger partial charge in [-0.2, -0.15) is 0 Å². The van der Waals surface area contributed by atoms with E-state index in [9.17, 15) is 0 Å². The smallest absolute Gasteiger partial charge is 0.124 e. The Morgan fingerprint density at radius 3 is 1.95 bits per heavy atom. The van der Waals surface area contributed by atoms with Gasteiger partial charge in [0.2, 0.25) is 0 Å². The van der Waals surface area contributed by atoms with Gasteiger partial charge >= 0.3 is 0 Å². The third kappa shape index (κ3) is 3.85. The average molecular weight is 283 g/mol. The van der Waals surface area contributed by atoms with Gasteiger partial charge in [0.25, 0.3) is 0 Å². The van der Waals surface area contributed by atoms with Crippen molar-refractivity contribution >= 4 is 0 Å². The van der Waals surface area contributed by atoms with Gasteiger partial charge in [-0.15, -0.1) is 0 Å². The summed E-state index contributed by atoms with van der Waals surface area (Å²) in [6, 6.07) is 16.4. The van der Waals surface area contributed by atoms with Crippen molar-refractivity contribution in [2.45, 2.75) is 45.8 Å². The monoisotopic (exact) mass is 283 g/mol. The zero-order valence-electron chi connectivity index (χ0n) is 13.3. The first-order chi connectivity index (χ1) is 9.99. The SMILES string of the molecule is CC(C)Oc1ccccc1C(N)c1ccc(C(C)C)cc1. The maximum absolute atomic E-state index is 6.44. The molecule has 0 spiro atoms. The molecule has 0 heterocycles. The van der Waals surface area contributed by atoms with E-state index in [1.807, 2.05) is 38.1 Å². The van der Waals surface area contributed by atoms with E-state index >= 15 is 0 Å². The van der Waals surface area contributed by atoms with Crippen LogP contribution in [0.15, 0.2) is 48.5 Å². The lowest BCUT2D eigenvalue weighted by Gasteiger charge is -2.19. The summed E-state index contributed by atoms with van der Waals surface area (Å²) in [5, 5.41) is 0. The lowest BCUT2D eigenvalue weighted by atomic mass is 9.95. The van der Waals surface area contributed by atoms with Crippen molar-refractivity contribution in [3.05, 3.63) is 65.2 Å². The van der Waals surface area contributed by atoms with Crippen LogP contribution in [-0.2, 0) is 0 Å². The summed E-state index contributed by atoms with van der Waals surface area (Å²) in [5.41, 5.74) is 9.91. The molecule has 2 nitrogen and oxygen atoms in total. The van der Waals surface area contributed by atoms with Gasteiger partial charge in [0.15, 0.2) is 0 Å². The summed E-state index contributed by atoms with van der Waals surface area (Å²) in [4.78, 5) is 0. The Morgan fingerprint density at radius 1 is 0.810 bits per heavy atom. The molecule has 0 aromatic heterocycles. The lowest BCUT2D eigenvalue weighted by Crippen LogP contribution is -2.15. The van der Waals surface area contributed by atoms with Gasteiger partial charge in [-0.3, -0.25) is 0 Å². The molecule has 0 fully saturated rings. The molecule has 0 amide bonds. The fraction of sp³-hybridized carbons (Fsp3) is 0.368. The Kier molecular flexibility index (Phi) is 5.03. The minimum Gasteiger partial charge on any atom is -0.491 e. The number of hydrogen-bond acceptors (Lipinski definition) is 2. The zero-order chi connectivity index (χ0) is 15.4. The van der Waals surface area contributed by atoms with E-state index in [-0.39, 0.29) is 12.1 Å². The van der Waals surface area contributed by atoms with Crippen LogP contribution in [0.1, 0.15) is 56.3 Å². The van der Waals surface area contributed by atoms with Gasteiger partial charge in [0, 0.05) is 5.56 Å². The lowest BCUT2D eigenvalue weighted by molar-refractivity contribution is 0.239. The van der Waals surface area contributed by atoms with E-state index in [1.54, 1.807) is 0 Å². The fourth-order valence-corrected chi connectivity index (χ4v) is 2.37. The van der Waals surface area contributed by atoms with Crippen LogP contribution in [0.25, 0.3) is 0 Å². The van der Waals surface area contributed by atoms with Crippen molar-refractivity contribution < 1.29 is 4.74 Å². The Labute approximate surface area is 127 Å². The third-order valence-corrected chi connectivity index (χ3v) is 3.58. The normalized spacial score (nSPS) is 12.7. The number of benzene rings is 2. The molecule has 2 heteroatoms. The summed E-state index contributed by atoms with van der Waals surface area (Å²) < 4.78 is 5.87. The van der Waals surface area contributed by atoms with Crippen molar-refractivity contribution in [3.63, 3.8) is 0 Å². The van der Waals surface area contributed by atoms with Gasteiger partial charge in [0.1, 0.15) is 5.75 Å². The van der Waals surface area contributed by atoms with Crippen LogP contribution in [0.3, 0.4) is 0 Å². The standard InChI is InChI=1S/C19H25NO/c1-13(2)15-9-11-16(12-10-15)19(20)17-7-5-6-8-18(17)21-14(3)4/h5-14,19H,20H2,1-4H3. The fourth-order valence-electron chi connectivity index (χ4n) is 2.37. The predicted molar refractivity (Wildman–Crippen MR) is 88.8 cm³/mol. The summed E-state index contributed by atoms with van der Waals surface area (Å²) >= 11 is 0. The van der Waals surface area contributed by atoms with Crippen LogP contribution < -0.4 is 10.5 Å². The topological polar surface area (TPSA) is 35.2 Å². The first-order valence-electron chi connectivity index (χ1n) is 7.60. The summed E-state index contributed by atoms with van der Waals surface area (Å²) in [6.45, 7) is 8.45. The van der Waals surface area contributed by atoms with E-state index in [2.05, 4.69) is 38.1 Å². The average Bonchev–Trinajstić information content (AvgIpc) is 2.46. The Bertz CT molecular complexity index is 572. The molecule has 2 aromatic rings. The number of para-hydroxylation sites is 1. The Morgan fingerprint density at radius 2 is 1.38 bits per heavy atom. The molecule has 0 bridgehead atoms. The molecule has 0 aliphatic heterocycles. The van der Waals surface area contributed by atoms with E-state index in [1.165, 1.54) is 5.56 Å². The van der Waals surface area contributed by atoms with Crippen LogP contribution in [0, 0.1) is 0 Å². The molecule has 0 radical (unpaired) electrons. The highest BCUT2D eigenvalue weighted by Gasteiger charge is 2.15. The second-order valence-corrected chi connectivity index (χ2v) is 6.00. The zero-order valence-corrected chi connectivity index (χ0v) is 13.3. The number of hydrogen-bond donors (Lipinski definition) is 1. The highest BCUT2D eigenvalue weighted by molar-refractivity contribution is 5.42.